The van der Waals surface area contributed by atoms with E-state index < -0.39 is 22.8 Å². The zero-order chi connectivity index (χ0) is 26.1. The van der Waals surface area contributed by atoms with Gasteiger partial charge in [0.25, 0.3) is 11.6 Å². The van der Waals surface area contributed by atoms with E-state index >= 15 is 0 Å². The number of nitro groups is 1. The Bertz CT molecular complexity index is 1430. The van der Waals surface area contributed by atoms with Crippen molar-refractivity contribution in [3.8, 4) is 11.4 Å². The van der Waals surface area contributed by atoms with Gasteiger partial charge in [0, 0.05) is 17.5 Å². The van der Waals surface area contributed by atoms with Crippen LogP contribution in [0.25, 0.3) is 11.8 Å². The molecule has 0 saturated carbocycles. The second kappa shape index (κ2) is 9.41. The van der Waals surface area contributed by atoms with E-state index in [1.54, 1.807) is 12.1 Å². The van der Waals surface area contributed by atoms with E-state index in [9.17, 15) is 24.5 Å². The number of carbonyl (C=O) groups is 3. The van der Waals surface area contributed by atoms with Gasteiger partial charge in [-0.15, -0.1) is 0 Å². The minimum Gasteiger partial charge on any atom is -0.494 e. The standard InChI is InChI=1S/C24H22N4O8/c1-13-9-15(14(2)27(13)19-7-5-16(28(32)33)11-21(19)34-3)10-18-22(29)26(24(31)25-18)12-17-6-8-20(36-17)23(30)35-4/h5-11H,12H2,1-4H3,(H,25,31)/b18-10-. The molecule has 0 bridgehead atoms. The van der Waals surface area contributed by atoms with Crippen LogP contribution in [-0.4, -0.2) is 46.5 Å². The predicted molar refractivity (Wildman–Crippen MR) is 126 cm³/mol. The Hall–Kier alpha value is -4.87. The summed E-state index contributed by atoms with van der Waals surface area (Å²) in [7, 11) is 2.64. The molecule has 0 aliphatic carbocycles. The van der Waals surface area contributed by atoms with Gasteiger partial charge in [0.05, 0.1) is 37.4 Å². The van der Waals surface area contributed by atoms with Crippen molar-refractivity contribution in [2.45, 2.75) is 20.4 Å². The normalized spacial score (nSPS) is 14.3. The number of nitrogens with one attached hydrogen (secondary N) is 1. The highest BCUT2D eigenvalue weighted by Gasteiger charge is 2.34. The number of hydrogen-bond acceptors (Lipinski definition) is 8. The number of non-ortho nitro benzene ring substituents is 1. The average molecular weight is 494 g/mol. The van der Waals surface area contributed by atoms with Crippen molar-refractivity contribution in [3.63, 3.8) is 0 Å². The summed E-state index contributed by atoms with van der Waals surface area (Å²) in [5.74, 6) is -0.716. The third-order valence-electron chi connectivity index (χ3n) is 5.71. The fourth-order valence-corrected chi connectivity index (χ4v) is 3.97. The van der Waals surface area contributed by atoms with Gasteiger partial charge in [-0.25, -0.2) is 9.59 Å². The molecule has 1 fully saturated rings. The molecule has 186 valence electrons. The summed E-state index contributed by atoms with van der Waals surface area (Å²) in [6.45, 7) is 3.49. The summed E-state index contributed by atoms with van der Waals surface area (Å²) in [5.41, 5.74) is 2.72. The molecule has 1 aliphatic heterocycles. The highest BCUT2D eigenvalue weighted by molar-refractivity contribution is 6.14. The molecule has 0 unspecified atom stereocenters. The molecule has 12 heteroatoms. The van der Waals surface area contributed by atoms with E-state index in [1.165, 1.54) is 38.5 Å². The highest BCUT2D eigenvalue weighted by Crippen LogP contribution is 2.32. The number of aromatic nitrogens is 1. The highest BCUT2D eigenvalue weighted by atomic mass is 16.6. The molecule has 36 heavy (non-hydrogen) atoms. The van der Waals surface area contributed by atoms with Crippen LogP contribution in [0.4, 0.5) is 10.5 Å². The van der Waals surface area contributed by atoms with Crippen LogP contribution in [0.15, 0.2) is 46.5 Å². The molecule has 1 aliphatic rings. The summed E-state index contributed by atoms with van der Waals surface area (Å²) in [6, 6.07) is 8.38. The molecular weight excluding hydrogens is 472 g/mol. The smallest absolute Gasteiger partial charge is 0.373 e. The largest absolute Gasteiger partial charge is 0.494 e. The van der Waals surface area contributed by atoms with Crippen LogP contribution in [-0.2, 0) is 16.1 Å². The Morgan fingerprint density at radius 3 is 2.58 bits per heavy atom. The number of methoxy groups -OCH3 is 2. The monoisotopic (exact) mass is 494 g/mol. The first-order valence-corrected chi connectivity index (χ1v) is 10.7. The minimum absolute atomic E-state index is 0.0376. The Balaban J connectivity index is 1.62. The number of amides is 3. The Labute approximate surface area is 204 Å². The van der Waals surface area contributed by atoms with Gasteiger partial charge in [-0.05, 0) is 49.8 Å². The van der Waals surface area contributed by atoms with E-state index in [1.807, 2.05) is 24.5 Å². The van der Waals surface area contributed by atoms with Crippen LogP contribution in [0.1, 0.15) is 33.3 Å². The van der Waals surface area contributed by atoms with Crippen molar-refractivity contribution < 1.29 is 33.2 Å². The van der Waals surface area contributed by atoms with Crippen molar-refractivity contribution >= 4 is 29.7 Å². The number of urea groups is 1. The van der Waals surface area contributed by atoms with E-state index in [2.05, 4.69) is 10.1 Å². The number of ether oxygens (including phenoxy) is 2. The van der Waals surface area contributed by atoms with E-state index in [0.717, 1.165) is 16.3 Å². The number of esters is 1. The summed E-state index contributed by atoms with van der Waals surface area (Å²) in [6.07, 6.45) is 1.55. The summed E-state index contributed by atoms with van der Waals surface area (Å²) < 4.78 is 17.2. The lowest BCUT2D eigenvalue weighted by Gasteiger charge is -2.13. The molecule has 3 heterocycles. The first-order valence-electron chi connectivity index (χ1n) is 10.7. The molecule has 2 aromatic heterocycles. The molecule has 4 rings (SSSR count). The number of benzene rings is 1. The van der Waals surface area contributed by atoms with Gasteiger partial charge in [0.15, 0.2) is 0 Å². The van der Waals surface area contributed by atoms with Crippen LogP contribution in [0.3, 0.4) is 0 Å². The van der Waals surface area contributed by atoms with Gasteiger partial charge in [0.1, 0.15) is 17.2 Å². The zero-order valence-corrected chi connectivity index (χ0v) is 19.9. The first-order chi connectivity index (χ1) is 17.1. The average Bonchev–Trinajstić information content (AvgIpc) is 3.51. The van der Waals surface area contributed by atoms with Crippen LogP contribution in [0.5, 0.6) is 5.75 Å². The zero-order valence-electron chi connectivity index (χ0n) is 19.9. The number of aryl methyl sites for hydroxylation is 1. The molecule has 0 atom stereocenters. The van der Waals surface area contributed by atoms with E-state index in [0.29, 0.717) is 17.0 Å². The molecule has 0 radical (unpaired) electrons. The van der Waals surface area contributed by atoms with E-state index in [-0.39, 0.29) is 29.4 Å². The van der Waals surface area contributed by atoms with Gasteiger partial charge in [-0.2, -0.15) is 0 Å². The lowest BCUT2D eigenvalue weighted by Crippen LogP contribution is -2.30. The summed E-state index contributed by atoms with van der Waals surface area (Å²) in [4.78, 5) is 48.6. The maximum atomic E-state index is 12.9. The molecular formula is C24H22N4O8. The Morgan fingerprint density at radius 2 is 1.92 bits per heavy atom. The third-order valence-corrected chi connectivity index (χ3v) is 5.71. The third kappa shape index (κ3) is 4.31. The quantitative estimate of drug-likeness (QED) is 0.173. The second-order valence-corrected chi connectivity index (χ2v) is 7.91. The first kappa shape index (κ1) is 24.3. The maximum Gasteiger partial charge on any atom is 0.373 e. The molecule has 1 N–H and O–H groups in total. The number of rotatable bonds is 7. The van der Waals surface area contributed by atoms with Gasteiger partial charge in [-0.1, -0.05) is 0 Å². The lowest BCUT2D eigenvalue weighted by molar-refractivity contribution is -0.384. The lowest BCUT2D eigenvalue weighted by atomic mass is 10.2. The van der Waals surface area contributed by atoms with Crippen molar-refractivity contribution in [2.24, 2.45) is 0 Å². The Kier molecular flexibility index (Phi) is 6.34. The minimum atomic E-state index is -0.668. The van der Waals surface area contributed by atoms with Crippen LogP contribution in [0, 0.1) is 24.0 Å². The van der Waals surface area contributed by atoms with Gasteiger partial charge in [-0.3, -0.25) is 19.8 Å². The number of imide groups is 1. The number of furan rings is 1. The molecule has 3 aromatic rings. The van der Waals surface area contributed by atoms with Crippen molar-refractivity contribution in [1.29, 1.82) is 0 Å². The fraction of sp³-hybridized carbons (Fsp3) is 0.208. The molecule has 12 nitrogen and oxygen atoms in total. The summed E-state index contributed by atoms with van der Waals surface area (Å²) in [5, 5.41) is 13.7. The number of hydrogen-bond donors (Lipinski definition) is 1. The van der Waals surface area contributed by atoms with Crippen LogP contribution in [0.2, 0.25) is 0 Å². The van der Waals surface area contributed by atoms with E-state index in [4.69, 9.17) is 9.15 Å². The Morgan fingerprint density at radius 1 is 1.17 bits per heavy atom. The van der Waals surface area contributed by atoms with Crippen molar-refractivity contribution in [1.82, 2.24) is 14.8 Å². The van der Waals surface area contributed by atoms with Crippen LogP contribution >= 0.6 is 0 Å². The van der Waals surface area contributed by atoms with Gasteiger partial charge >= 0.3 is 12.0 Å². The van der Waals surface area contributed by atoms with Crippen LogP contribution < -0.4 is 10.1 Å². The second-order valence-electron chi connectivity index (χ2n) is 7.91. The van der Waals surface area contributed by atoms with Gasteiger partial charge < -0.3 is 23.8 Å². The molecule has 0 spiro atoms. The van der Waals surface area contributed by atoms with Crippen molar-refractivity contribution in [2.75, 3.05) is 14.2 Å². The topological polar surface area (TPSA) is 146 Å². The number of nitrogens with zero attached hydrogens (tertiary/aromatic N) is 3. The molecule has 3 amide bonds. The summed E-state index contributed by atoms with van der Waals surface area (Å²) >= 11 is 0. The maximum absolute atomic E-state index is 12.9. The van der Waals surface area contributed by atoms with Gasteiger partial charge in [0.2, 0.25) is 5.76 Å². The number of carbonyl (C=O) groups excluding carboxylic acids is 3. The number of nitro benzene ring substituents is 1. The van der Waals surface area contributed by atoms with Crippen molar-refractivity contribution in [3.05, 3.63) is 80.7 Å². The fourth-order valence-electron chi connectivity index (χ4n) is 3.97. The predicted octanol–water partition coefficient (Wildman–Crippen LogP) is 3.48. The molecule has 1 saturated heterocycles. The SMILES string of the molecule is COC(=O)c1ccc(CN2C(=O)N/C(=C\c3cc(C)n(-c4ccc([N+](=O)[O-])cc4OC)c3C)C2=O)o1. The molecule has 1 aromatic carbocycles.